The summed E-state index contributed by atoms with van der Waals surface area (Å²) in [7, 11) is 0. The van der Waals surface area contributed by atoms with Gasteiger partial charge in [0.05, 0.1) is 12.2 Å². The minimum absolute atomic E-state index is 0.0918. The summed E-state index contributed by atoms with van der Waals surface area (Å²) < 4.78 is 9.32. The molecule has 0 fully saturated rings. The summed E-state index contributed by atoms with van der Waals surface area (Å²) in [5.41, 5.74) is 0.156. The molecule has 0 aliphatic carbocycles. The van der Waals surface area contributed by atoms with Crippen molar-refractivity contribution in [2.24, 2.45) is 0 Å². The van der Waals surface area contributed by atoms with Crippen LogP contribution in [-0.2, 0) is 19.1 Å². The normalized spacial score (nSPS) is 9.08. The smallest absolute Gasteiger partial charge is 0.336 e. The molecule has 0 rings (SSSR count). The van der Waals surface area contributed by atoms with Crippen molar-refractivity contribution in [1.29, 1.82) is 0 Å². The van der Waals surface area contributed by atoms with Crippen LogP contribution in [0.25, 0.3) is 0 Å². The van der Waals surface area contributed by atoms with Gasteiger partial charge >= 0.3 is 11.9 Å². The maximum absolute atomic E-state index is 10.9. The van der Waals surface area contributed by atoms with Gasteiger partial charge in [0.15, 0.2) is 0 Å². The third kappa shape index (κ3) is 5.00. The average molecular weight is 186 g/mol. The van der Waals surface area contributed by atoms with Gasteiger partial charge in [-0.05, 0) is 6.92 Å². The van der Waals surface area contributed by atoms with E-state index in [-0.39, 0.29) is 24.6 Å². The molecule has 0 radical (unpaired) electrons. The second kappa shape index (κ2) is 6.22. The van der Waals surface area contributed by atoms with E-state index in [0.29, 0.717) is 6.61 Å². The summed E-state index contributed by atoms with van der Waals surface area (Å²) in [5, 5.41) is 0. The lowest BCUT2D eigenvalue weighted by Crippen LogP contribution is -2.14. The summed E-state index contributed by atoms with van der Waals surface area (Å²) in [4.78, 5) is 21.6. The number of hydrogen-bond donors (Lipinski definition) is 0. The van der Waals surface area contributed by atoms with Crippen LogP contribution in [0.5, 0.6) is 0 Å². The molecule has 0 aromatic carbocycles. The number of esters is 2. The fourth-order valence-corrected chi connectivity index (χ4v) is 0.562. The fraction of sp³-hybridized carbons (Fsp3) is 0.556. The Morgan fingerprint density at radius 3 is 2.31 bits per heavy atom. The molecule has 74 valence electrons. The van der Waals surface area contributed by atoms with Gasteiger partial charge < -0.3 is 9.47 Å². The molecular formula is C9H14O4. The minimum atomic E-state index is -0.522. The second-order valence-corrected chi connectivity index (χ2v) is 2.34. The zero-order chi connectivity index (χ0) is 10.3. The van der Waals surface area contributed by atoms with Gasteiger partial charge in [-0.2, -0.15) is 0 Å². The average Bonchev–Trinajstić information content (AvgIpc) is 2.13. The molecule has 0 bridgehead atoms. The van der Waals surface area contributed by atoms with E-state index < -0.39 is 5.97 Å². The van der Waals surface area contributed by atoms with Gasteiger partial charge in [-0.1, -0.05) is 13.5 Å². The van der Waals surface area contributed by atoms with Crippen molar-refractivity contribution in [1.82, 2.24) is 0 Å². The number of carbonyl (C=O) groups excluding carboxylic acids is 2. The Morgan fingerprint density at radius 1 is 1.23 bits per heavy atom. The topological polar surface area (TPSA) is 52.6 Å². The highest BCUT2D eigenvalue weighted by molar-refractivity contribution is 5.88. The molecule has 0 aromatic rings. The molecular weight excluding hydrogens is 172 g/mol. The van der Waals surface area contributed by atoms with Gasteiger partial charge in [-0.15, -0.1) is 0 Å². The summed E-state index contributed by atoms with van der Waals surface area (Å²) in [5.74, 6) is -0.878. The van der Waals surface area contributed by atoms with Gasteiger partial charge in [-0.25, -0.2) is 4.79 Å². The van der Waals surface area contributed by atoms with Crippen molar-refractivity contribution in [2.45, 2.75) is 20.3 Å². The standard InChI is InChI=1S/C9H14O4/c1-4-8(10)13-6-7(3)9(11)12-5-2/h3-6H2,1-2H3. The van der Waals surface area contributed by atoms with E-state index in [1.165, 1.54) is 0 Å². The molecule has 0 unspecified atom stereocenters. The van der Waals surface area contributed by atoms with E-state index in [1.54, 1.807) is 13.8 Å². The lowest BCUT2D eigenvalue weighted by atomic mass is 10.3. The summed E-state index contributed by atoms with van der Waals surface area (Å²) in [6.07, 6.45) is 0.288. The molecule has 0 saturated carbocycles. The fourth-order valence-electron chi connectivity index (χ4n) is 0.562. The largest absolute Gasteiger partial charge is 0.463 e. The maximum atomic E-state index is 10.9. The van der Waals surface area contributed by atoms with Crippen molar-refractivity contribution in [2.75, 3.05) is 13.2 Å². The molecule has 4 heteroatoms. The van der Waals surface area contributed by atoms with Crippen molar-refractivity contribution in [3.05, 3.63) is 12.2 Å². The third-order valence-electron chi connectivity index (χ3n) is 1.26. The van der Waals surface area contributed by atoms with E-state index in [1.807, 2.05) is 0 Å². The van der Waals surface area contributed by atoms with Crippen LogP contribution in [0.1, 0.15) is 20.3 Å². The van der Waals surface area contributed by atoms with Crippen molar-refractivity contribution in [3.63, 3.8) is 0 Å². The van der Waals surface area contributed by atoms with E-state index in [9.17, 15) is 9.59 Å². The third-order valence-corrected chi connectivity index (χ3v) is 1.26. The van der Waals surface area contributed by atoms with Crippen LogP contribution < -0.4 is 0 Å². The van der Waals surface area contributed by atoms with Gasteiger partial charge in [0.2, 0.25) is 0 Å². The van der Waals surface area contributed by atoms with Gasteiger partial charge in [0.1, 0.15) is 6.61 Å². The Hall–Kier alpha value is -1.32. The lowest BCUT2D eigenvalue weighted by molar-refractivity contribution is -0.144. The number of ether oxygens (including phenoxy) is 2. The minimum Gasteiger partial charge on any atom is -0.463 e. The monoisotopic (exact) mass is 186 g/mol. The predicted octanol–water partition coefficient (Wildman–Crippen LogP) is 1.06. The molecule has 13 heavy (non-hydrogen) atoms. The molecule has 0 amide bonds. The molecule has 4 nitrogen and oxygen atoms in total. The SMILES string of the molecule is C=C(COC(=O)CC)C(=O)OCC. The molecule has 0 saturated heterocycles. The summed E-state index contributed by atoms with van der Waals surface area (Å²) >= 11 is 0. The Balaban J connectivity index is 3.74. The van der Waals surface area contributed by atoms with Gasteiger partial charge in [0, 0.05) is 6.42 Å². The molecule has 0 spiro atoms. The lowest BCUT2D eigenvalue weighted by Gasteiger charge is -2.05. The quantitative estimate of drug-likeness (QED) is 0.476. The first-order chi connectivity index (χ1) is 6.11. The van der Waals surface area contributed by atoms with Crippen LogP contribution in [0.2, 0.25) is 0 Å². The Bertz CT molecular complexity index is 208. The van der Waals surface area contributed by atoms with Gasteiger partial charge in [-0.3, -0.25) is 4.79 Å². The molecule has 0 aliphatic rings. The van der Waals surface area contributed by atoms with E-state index in [4.69, 9.17) is 0 Å². The first-order valence-corrected chi connectivity index (χ1v) is 4.12. The maximum Gasteiger partial charge on any atom is 0.336 e. The Kier molecular flexibility index (Phi) is 5.59. The molecule has 0 atom stereocenters. The zero-order valence-corrected chi connectivity index (χ0v) is 7.96. The van der Waals surface area contributed by atoms with E-state index in [0.717, 1.165) is 0 Å². The van der Waals surface area contributed by atoms with Crippen LogP contribution in [0.3, 0.4) is 0 Å². The van der Waals surface area contributed by atoms with Crippen LogP contribution in [0.4, 0.5) is 0 Å². The summed E-state index contributed by atoms with van der Waals surface area (Å²) in [6, 6.07) is 0. The predicted molar refractivity (Wildman–Crippen MR) is 47.0 cm³/mol. The molecule has 0 aromatic heterocycles. The zero-order valence-electron chi connectivity index (χ0n) is 7.96. The first kappa shape index (κ1) is 11.7. The van der Waals surface area contributed by atoms with Crippen LogP contribution >= 0.6 is 0 Å². The van der Waals surface area contributed by atoms with Gasteiger partial charge in [0.25, 0.3) is 0 Å². The van der Waals surface area contributed by atoms with Crippen molar-refractivity contribution in [3.8, 4) is 0 Å². The number of carbonyl (C=O) groups is 2. The number of hydrogen-bond acceptors (Lipinski definition) is 4. The highest BCUT2D eigenvalue weighted by atomic mass is 16.5. The van der Waals surface area contributed by atoms with E-state index in [2.05, 4.69) is 16.1 Å². The highest BCUT2D eigenvalue weighted by Gasteiger charge is 2.09. The highest BCUT2D eigenvalue weighted by Crippen LogP contribution is 1.97. The Morgan fingerprint density at radius 2 is 1.85 bits per heavy atom. The molecule has 0 N–H and O–H groups in total. The summed E-state index contributed by atoms with van der Waals surface area (Å²) in [6.45, 7) is 7.00. The van der Waals surface area contributed by atoms with Crippen molar-refractivity contribution < 1.29 is 19.1 Å². The first-order valence-electron chi connectivity index (χ1n) is 4.12. The van der Waals surface area contributed by atoms with E-state index >= 15 is 0 Å². The molecule has 0 aliphatic heterocycles. The number of rotatable bonds is 5. The van der Waals surface area contributed by atoms with Crippen LogP contribution in [0.15, 0.2) is 12.2 Å². The molecule has 0 heterocycles. The second-order valence-electron chi connectivity index (χ2n) is 2.34. The Labute approximate surface area is 77.5 Å². The van der Waals surface area contributed by atoms with Crippen molar-refractivity contribution >= 4 is 11.9 Å². The van der Waals surface area contributed by atoms with Crippen LogP contribution in [-0.4, -0.2) is 25.2 Å². The van der Waals surface area contributed by atoms with Crippen LogP contribution in [0, 0.1) is 0 Å².